The van der Waals surface area contributed by atoms with E-state index in [2.05, 4.69) is 0 Å². The number of aliphatic hydroxyl groups is 1. The number of hydrogen-bond acceptors (Lipinski definition) is 5. The maximum Gasteiger partial charge on any atom is 0.412 e. The van der Waals surface area contributed by atoms with Crippen molar-refractivity contribution in [1.29, 1.82) is 0 Å². The van der Waals surface area contributed by atoms with E-state index in [1.165, 1.54) is 29.2 Å². The molecule has 1 saturated heterocycles. The van der Waals surface area contributed by atoms with E-state index >= 15 is 0 Å². The topological polar surface area (TPSA) is 92.9 Å². The average Bonchev–Trinajstić information content (AvgIpc) is 2.83. The summed E-state index contributed by atoms with van der Waals surface area (Å²) in [4.78, 5) is 22.9. The van der Waals surface area contributed by atoms with Crippen molar-refractivity contribution in [2.45, 2.75) is 25.7 Å². The smallest absolute Gasteiger partial charge is 0.412 e. The molecular weight excluding hydrogens is 252 g/mol. The number of rotatable bonds is 3. The van der Waals surface area contributed by atoms with Crippen LogP contribution in [0.3, 0.4) is 0 Å². The molecule has 0 radical (unpaired) electrons. The number of nitro benzene ring substituents is 1. The van der Waals surface area contributed by atoms with E-state index in [4.69, 9.17) is 4.74 Å². The number of hydrogen-bond donors (Lipinski definition) is 1. The number of nitro groups is 1. The third kappa shape index (κ3) is 3.19. The Bertz CT molecular complexity index is 474. The average molecular weight is 266 g/mol. The SMILES string of the molecule is O=C(OCc1ccc([N+](=O)[O-])cc1)N1CCCC1O. The monoisotopic (exact) mass is 266 g/mol. The molecule has 102 valence electrons. The van der Waals surface area contributed by atoms with Crippen molar-refractivity contribution in [3.63, 3.8) is 0 Å². The van der Waals surface area contributed by atoms with Crippen LogP contribution in [0.2, 0.25) is 0 Å². The van der Waals surface area contributed by atoms with Crippen LogP contribution in [0.4, 0.5) is 10.5 Å². The fourth-order valence-corrected chi connectivity index (χ4v) is 1.90. The highest BCUT2D eigenvalue weighted by Gasteiger charge is 2.27. The second-order valence-electron chi connectivity index (χ2n) is 4.29. The van der Waals surface area contributed by atoms with Gasteiger partial charge in [0, 0.05) is 18.7 Å². The Balaban J connectivity index is 1.88. The van der Waals surface area contributed by atoms with Crippen LogP contribution in [0.5, 0.6) is 0 Å². The summed E-state index contributed by atoms with van der Waals surface area (Å²) in [6, 6.07) is 5.78. The van der Waals surface area contributed by atoms with Gasteiger partial charge in [0.25, 0.3) is 5.69 Å². The van der Waals surface area contributed by atoms with Gasteiger partial charge in [0.2, 0.25) is 0 Å². The van der Waals surface area contributed by atoms with Crippen LogP contribution in [-0.2, 0) is 11.3 Å². The lowest BCUT2D eigenvalue weighted by Crippen LogP contribution is -2.35. The summed E-state index contributed by atoms with van der Waals surface area (Å²) in [6.45, 7) is 0.514. The lowest BCUT2D eigenvalue weighted by atomic mass is 10.2. The van der Waals surface area contributed by atoms with E-state index in [0.29, 0.717) is 18.5 Å². The van der Waals surface area contributed by atoms with Crippen LogP contribution in [0.25, 0.3) is 0 Å². The van der Waals surface area contributed by atoms with Gasteiger partial charge in [0.05, 0.1) is 4.92 Å². The highest BCUT2D eigenvalue weighted by Crippen LogP contribution is 2.17. The summed E-state index contributed by atoms with van der Waals surface area (Å²) < 4.78 is 5.04. The van der Waals surface area contributed by atoms with Crippen LogP contribution in [0.1, 0.15) is 18.4 Å². The van der Waals surface area contributed by atoms with Gasteiger partial charge in [0.15, 0.2) is 0 Å². The minimum Gasteiger partial charge on any atom is -0.444 e. The van der Waals surface area contributed by atoms with Crippen molar-refractivity contribution >= 4 is 11.8 Å². The first kappa shape index (κ1) is 13.3. The number of carbonyl (C=O) groups excluding carboxylic acids is 1. The van der Waals surface area contributed by atoms with Crippen molar-refractivity contribution in [1.82, 2.24) is 4.90 Å². The zero-order valence-electron chi connectivity index (χ0n) is 10.2. The number of aliphatic hydroxyl groups excluding tert-OH is 1. The molecule has 1 aromatic carbocycles. The fraction of sp³-hybridized carbons (Fsp3) is 0.417. The molecule has 0 spiro atoms. The van der Waals surface area contributed by atoms with Gasteiger partial charge < -0.3 is 9.84 Å². The summed E-state index contributed by atoms with van der Waals surface area (Å²) in [5.74, 6) is 0. The Kier molecular flexibility index (Phi) is 3.96. The van der Waals surface area contributed by atoms with Gasteiger partial charge in [-0.3, -0.25) is 15.0 Å². The highest BCUT2D eigenvalue weighted by molar-refractivity contribution is 5.68. The Morgan fingerprint density at radius 2 is 2.16 bits per heavy atom. The molecule has 1 aliphatic rings. The van der Waals surface area contributed by atoms with E-state index in [-0.39, 0.29) is 12.3 Å². The molecule has 1 heterocycles. The molecule has 0 saturated carbocycles. The fourth-order valence-electron chi connectivity index (χ4n) is 1.90. The molecule has 0 aliphatic carbocycles. The second kappa shape index (κ2) is 5.66. The summed E-state index contributed by atoms with van der Waals surface area (Å²) in [6.07, 6.45) is -0.0202. The Labute approximate surface area is 109 Å². The molecule has 19 heavy (non-hydrogen) atoms. The van der Waals surface area contributed by atoms with Gasteiger partial charge in [-0.05, 0) is 30.5 Å². The standard InChI is InChI=1S/C12H14N2O5/c15-11-2-1-7-13(11)12(16)19-8-9-3-5-10(6-4-9)14(17)18/h3-6,11,15H,1-2,7-8H2. The highest BCUT2D eigenvalue weighted by atomic mass is 16.6. The minimum absolute atomic E-state index is 0.00922. The van der Waals surface area contributed by atoms with Crippen LogP contribution < -0.4 is 0 Å². The molecule has 1 unspecified atom stereocenters. The van der Waals surface area contributed by atoms with Crippen molar-refractivity contribution in [2.24, 2.45) is 0 Å². The Morgan fingerprint density at radius 1 is 1.47 bits per heavy atom. The molecular formula is C12H14N2O5. The summed E-state index contributed by atoms with van der Waals surface area (Å²) in [7, 11) is 0. The van der Waals surface area contributed by atoms with Crippen LogP contribution in [-0.4, -0.2) is 33.8 Å². The number of amides is 1. The lowest BCUT2D eigenvalue weighted by molar-refractivity contribution is -0.384. The van der Waals surface area contributed by atoms with E-state index in [1.54, 1.807) is 0 Å². The maximum absolute atomic E-state index is 11.6. The van der Waals surface area contributed by atoms with Gasteiger partial charge in [-0.25, -0.2) is 4.79 Å². The van der Waals surface area contributed by atoms with Crippen molar-refractivity contribution in [3.8, 4) is 0 Å². The number of nitrogens with zero attached hydrogens (tertiary/aromatic N) is 2. The molecule has 0 aromatic heterocycles. The molecule has 1 aromatic rings. The third-order valence-electron chi connectivity index (χ3n) is 2.97. The normalized spacial score (nSPS) is 18.4. The van der Waals surface area contributed by atoms with Gasteiger partial charge in [0.1, 0.15) is 12.8 Å². The molecule has 2 rings (SSSR count). The summed E-state index contributed by atoms with van der Waals surface area (Å²) in [5.41, 5.74) is 0.651. The number of non-ortho nitro benzene ring substituents is 1. The van der Waals surface area contributed by atoms with E-state index in [0.717, 1.165) is 6.42 Å². The molecule has 1 fully saturated rings. The van der Waals surface area contributed by atoms with Gasteiger partial charge >= 0.3 is 6.09 Å². The van der Waals surface area contributed by atoms with Gasteiger partial charge in [-0.1, -0.05) is 0 Å². The third-order valence-corrected chi connectivity index (χ3v) is 2.97. The van der Waals surface area contributed by atoms with Gasteiger partial charge in [-0.2, -0.15) is 0 Å². The van der Waals surface area contributed by atoms with E-state index in [1.807, 2.05) is 0 Å². The van der Waals surface area contributed by atoms with Crippen molar-refractivity contribution in [2.75, 3.05) is 6.54 Å². The van der Waals surface area contributed by atoms with Crippen molar-refractivity contribution in [3.05, 3.63) is 39.9 Å². The quantitative estimate of drug-likeness (QED) is 0.663. The van der Waals surface area contributed by atoms with E-state index < -0.39 is 17.2 Å². The number of carbonyl (C=O) groups is 1. The summed E-state index contributed by atoms with van der Waals surface area (Å²) in [5, 5.41) is 20.0. The molecule has 7 nitrogen and oxygen atoms in total. The predicted octanol–water partition coefficient (Wildman–Crippen LogP) is 1.65. The largest absolute Gasteiger partial charge is 0.444 e. The van der Waals surface area contributed by atoms with Crippen LogP contribution >= 0.6 is 0 Å². The first-order valence-electron chi connectivity index (χ1n) is 5.93. The zero-order valence-corrected chi connectivity index (χ0v) is 10.2. The molecule has 0 bridgehead atoms. The number of benzene rings is 1. The molecule has 1 aliphatic heterocycles. The number of ether oxygens (including phenoxy) is 1. The van der Waals surface area contributed by atoms with Crippen LogP contribution in [0.15, 0.2) is 24.3 Å². The van der Waals surface area contributed by atoms with Gasteiger partial charge in [-0.15, -0.1) is 0 Å². The van der Waals surface area contributed by atoms with E-state index in [9.17, 15) is 20.0 Å². The van der Waals surface area contributed by atoms with Crippen molar-refractivity contribution < 1.29 is 19.6 Å². The molecule has 7 heteroatoms. The molecule has 1 amide bonds. The number of likely N-dealkylation sites (tertiary alicyclic amines) is 1. The minimum atomic E-state index is -0.774. The second-order valence-corrected chi connectivity index (χ2v) is 4.29. The first-order valence-corrected chi connectivity index (χ1v) is 5.93. The summed E-state index contributed by atoms with van der Waals surface area (Å²) >= 11 is 0. The maximum atomic E-state index is 11.6. The predicted molar refractivity (Wildman–Crippen MR) is 65.2 cm³/mol. The Hall–Kier alpha value is -2.15. The van der Waals surface area contributed by atoms with Crippen LogP contribution in [0, 0.1) is 10.1 Å². The lowest BCUT2D eigenvalue weighted by Gasteiger charge is -2.19. The zero-order chi connectivity index (χ0) is 13.8. The first-order chi connectivity index (χ1) is 9.08. The Morgan fingerprint density at radius 3 is 2.68 bits per heavy atom. The molecule has 1 atom stereocenters. The molecule has 1 N–H and O–H groups in total.